The number of nitrogens with zero attached hydrogens (tertiary/aromatic N) is 1. The van der Waals surface area contributed by atoms with Gasteiger partial charge in [-0.1, -0.05) is 12.1 Å². The third-order valence-electron chi connectivity index (χ3n) is 3.01. The van der Waals surface area contributed by atoms with Crippen molar-refractivity contribution in [2.45, 2.75) is 13.8 Å². The van der Waals surface area contributed by atoms with Gasteiger partial charge in [-0.25, -0.2) is 0 Å². The zero-order chi connectivity index (χ0) is 15.2. The van der Waals surface area contributed by atoms with E-state index in [-0.39, 0.29) is 5.75 Å². The van der Waals surface area contributed by atoms with E-state index in [0.29, 0.717) is 23.7 Å². The molecule has 0 bridgehead atoms. The summed E-state index contributed by atoms with van der Waals surface area (Å²) < 4.78 is 10.6. The van der Waals surface area contributed by atoms with Gasteiger partial charge in [0.15, 0.2) is 11.5 Å². The number of ether oxygens (including phenoxy) is 2. The van der Waals surface area contributed by atoms with E-state index in [4.69, 9.17) is 9.47 Å². The van der Waals surface area contributed by atoms with Crippen molar-refractivity contribution in [3.63, 3.8) is 0 Å². The van der Waals surface area contributed by atoms with Crippen LogP contribution < -0.4 is 9.47 Å². The smallest absolute Gasteiger partial charge is 0.166 e. The summed E-state index contributed by atoms with van der Waals surface area (Å²) in [4.78, 5) is 4.40. The van der Waals surface area contributed by atoms with Gasteiger partial charge < -0.3 is 14.6 Å². The highest BCUT2D eigenvalue weighted by Crippen LogP contribution is 2.31. The molecule has 0 radical (unpaired) electrons. The van der Waals surface area contributed by atoms with Gasteiger partial charge in [-0.05, 0) is 43.7 Å². The Labute approximate surface area is 124 Å². The van der Waals surface area contributed by atoms with Crippen molar-refractivity contribution in [3.05, 3.63) is 47.5 Å². The van der Waals surface area contributed by atoms with Crippen molar-refractivity contribution in [1.29, 1.82) is 0 Å². The molecule has 2 aromatic carbocycles. The van der Waals surface area contributed by atoms with E-state index in [1.165, 1.54) is 0 Å². The van der Waals surface area contributed by atoms with Crippen LogP contribution in [0, 0.1) is 6.92 Å². The SMILES string of the molecule is CCOc1cccc(C=Nc2cc(C)ccc2OC)c1O. The molecular weight excluding hydrogens is 266 g/mol. The molecule has 0 aliphatic heterocycles. The number of phenols is 1. The molecule has 0 saturated carbocycles. The van der Waals surface area contributed by atoms with Crippen molar-refractivity contribution in [2.75, 3.05) is 13.7 Å². The van der Waals surface area contributed by atoms with Gasteiger partial charge in [0.1, 0.15) is 11.4 Å². The van der Waals surface area contributed by atoms with E-state index in [0.717, 1.165) is 11.3 Å². The largest absolute Gasteiger partial charge is 0.504 e. The van der Waals surface area contributed by atoms with Gasteiger partial charge in [0.2, 0.25) is 0 Å². The fraction of sp³-hybridized carbons (Fsp3) is 0.235. The summed E-state index contributed by atoms with van der Waals surface area (Å²) >= 11 is 0. The van der Waals surface area contributed by atoms with Gasteiger partial charge in [0.25, 0.3) is 0 Å². The summed E-state index contributed by atoms with van der Waals surface area (Å²) in [6.07, 6.45) is 1.61. The maximum atomic E-state index is 10.1. The van der Waals surface area contributed by atoms with Crippen LogP contribution in [0.3, 0.4) is 0 Å². The number of methoxy groups -OCH3 is 1. The molecule has 4 heteroatoms. The minimum atomic E-state index is 0.0923. The molecular formula is C17H19NO3. The predicted octanol–water partition coefficient (Wildman–Crippen LogP) is 3.86. The second kappa shape index (κ2) is 6.79. The second-order valence-corrected chi connectivity index (χ2v) is 4.56. The molecule has 2 aromatic rings. The molecule has 2 rings (SSSR count). The summed E-state index contributed by atoms with van der Waals surface area (Å²) in [5, 5.41) is 10.1. The van der Waals surface area contributed by atoms with Crippen LogP contribution in [-0.4, -0.2) is 25.0 Å². The number of rotatable bonds is 5. The molecule has 4 nitrogen and oxygen atoms in total. The quantitative estimate of drug-likeness (QED) is 0.849. The maximum Gasteiger partial charge on any atom is 0.166 e. The number of aryl methyl sites for hydroxylation is 1. The number of hydrogen-bond donors (Lipinski definition) is 1. The van der Waals surface area contributed by atoms with Gasteiger partial charge >= 0.3 is 0 Å². The topological polar surface area (TPSA) is 51.0 Å². The minimum Gasteiger partial charge on any atom is -0.504 e. The predicted molar refractivity (Wildman–Crippen MR) is 84.3 cm³/mol. The van der Waals surface area contributed by atoms with Crippen LogP contribution in [0.2, 0.25) is 0 Å². The van der Waals surface area contributed by atoms with Gasteiger partial charge in [-0.15, -0.1) is 0 Å². The van der Waals surface area contributed by atoms with Gasteiger partial charge in [-0.2, -0.15) is 0 Å². The van der Waals surface area contributed by atoms with Crippen LogP contribution in [0.5, 0.6) is 17.2 Å². The molecule has 0 atom stereocenters. The fourth-order valence-electron chi connectivity index (χ4n) is 1.96. The Morgan fingerprint density at radius 1 is 1.19 bits per heavy atom. The first-order chi connectivity index (χ1) is 10.2. The molecule has 1 N–H and O–H groups in total. The first kappa shape index (κ1) is 14.9. The van der Waals surface area contributed by atoms with E-state index in [1.807, 2.05) is 38.1 Å². The van der Waals surface area contributed by atoms with Crippen molar-refractivity contribution < 1.29 is 14.6 Å². The maximum absolute atomic E-state index is 10.1. The number of benzene rings is 2. The van der Waals surface area contributed by atoms with E-state index in [2.05, 4.69) is 4.99 Å². The number of para-hydroxylation sites is 1. The third-order valence-corrected chi connectivity index (χ3v) is 3.01. The average Bonchev–Trinajstić information content (AvgIpc) is 2.48. The Bertz CT molecular complexity index is 650. The molecule has 110 valence electrons. The van der Waals surface area contributed by atoms with Crippen molar-refractivity contribution in [3.8, 4) is 17.2 Å². The van der Waals surface area contributed by atoms with Gasteiger partial charge in [0.05, 0.1) is 13.7 Å². The minimum absolute atomic E-state index is 0.0923. The third kappa shape index (κ3) is 3.54. The van der Waals surface area contributed by atoms with Crippen molar-refractivity contribution >= 4 is 11.9 Å². The Kier molecular flexibility index (Phi) is 4.82. The van der Waals surface area contributed by atoms with E-state index < -0.39 is 0 Å². The van der Waals surface area contributed by atoms with E-state index in [1.54, 1.807) is 25.5 Å². The van der Waals surface area contributed by atoms with Crippen LogP contribution in [0.4, 0.5) is 5.69 Å². The Hall–Kier alpha value is -2.49. The zero-order valence-electron chi connectivity index (χ0n) is 12.5. The van der Waals surface area contributed by atoms with Gasteiger partial charge in [0, 0.05) is 11.8 Å². The van der Waals surface area contributed by atoms with E-state index in [9.17, 15) is 5.11 Å². The lowest BCUT2D eigenvalue weighted by Crippen LogP contribution is -1.93. The lowest BCUT2D eigenvalue weighted by molar-refractivity contribution is 0.318. The number of phenolic OH excluding ortho intramolecular Hbond substituents is 1. The number of aliphatic imine (C=N–C) groups is 1. The lowest BCUT2D eigenvalue weighted by Gasteiger charge is -2.08. The first-order valence-electron chi connectivity index (χ1n) is 6.79. The lowest BCUT2D eigenvalue weighted by atomic mass is 10.2. The highest BCUT2D eigenvalue weighted by molar-refractivity contribution is 5.87. The van der Waals surface area contributed by atoms with Crippen molar-refractivity contribution in [2.24, 2.45) is 4.99 Å². The molecule has 0 amide bonds. The molecule has 0 aliphatic carbocycles. The molecule has 0 heterocycles. The molecule has 0 aromatic heterocycles. The summed E-state index contributed by atoms with van der Waals surface area (Å²) in [7, 11) is 1.61. The van der Waals surface area contributed by atoms with E-state index >= 15 is 0 Å². The Morgan fingerprint density at radius 2 is 2.00 bits per heavy atom. The number of hydrogen-bond acceptors (Lipinski definition) is 4. The summed E-state index contributed by atoms with van der Waals surface area (Å²) in [6, 6.07) is 11.1. The average molecular weight is 285 g/mol. The molecule has 0 spiro atoms. The number of aromatic hydroxyl groups is 1. The monoisotopic (exact) mass is 285 g/mol. The van der Waals surface area contributed by atoms with Gasteiger partial charge in [-0.3, -0.25) is 4.99 Å². The van der Waals surface area contributed by atoms with Crippen LogP contribution in [0.25, 0.3) is 0 Å². The summed E-state index contributed by atoms with van der Waals surface area (Å²) in [5.74, 6) is 1.24. The normalized spacial score (nSPS) is 10.8. The Balaban J connectivity index is 2.33. The Morgan fingerprint density at radius 3 is 2.71 bits per heavy atom. The molecule has 0 aliphatic rings. The fourth-order valence-corrected chi connectivity index (χ4v) is 1.96. The van der Waals surface area contributed by atoms with Crippen molar-refractivity contribution in [1.82, 2.24) is 0 Å². The highest BCUT2D eigenvalue weighted by Gasteiger charge is 2.06. The second-order valence-electron chi connectivity index (χ2n) is 4.56. The summed E-state index contributed by atoms with van der Waals surface area (Å²) in [5.41, 5.74) is 2.42. The van der Waals surface area contributed by atoms with Crippen LogP contribution in [0.15, 0.2) is 41.4 Å². The molecule has 0 saturated heterocycles. The van der Waals surface area contributed by atoms with Crippen LogP contribution in [-0.2, 0) is 0 Å². The van der Waals surface area contributed by atoms with Crippen LogP contribution >= 0.6 is 0 Å². The highest BCUT2D eigenvalue weighted by atomic mass is 16.5. The first-order valence-corrected chi connectivity index (χ1v) is 6.79. The van der Waals surface area contributed by atoms with Crippen LogP contribution in [0.1, 0.15) is 18.1 Å². The zero-order valence-corrected chi connectivity index (χ0v) is 12.5. The summed E-state index contributed by atoms with van der Waals surface area (Å²) in [6.45, 7) is 4.36. The molecule has 0 fully saturated rings. The molecule has 21 heavy (non-hydrogen) atoms. The standard InChI is InChI=1S/C17H19NO3/c1-4-21-16-7-5-6-13(17(16)19)11-18-14-10-12(2)8-9-15(14)20-3/h5-11,19H,4H2,1-3H3. The molecule has 0 unspecified atom stereocenters.